The zero-order valence-electron chi connectivity index (χ0n) is 12.3. The van der Waals surface area contributed by atoms with Gasteiger partial charge in [0.25, 0.3) is 0 Å². The largest absolute Gasteiger partial charge is 0.444 e. The highest BCUT2D eigenvalue weighted by Crippen LogP contribution is 2.21. The molecule has 1 N–H and O–H groups in total. The van der Waals surface area contributed by atoms with Gasteiger partial charge in [-0.3, -0.25) is 0 Å². The summed E-state index contributed by atoms with van der Waals surface area (Å²) in [7, 11) is 0. The number of piperidine rings is 1. The number of amides is 1. The highest BCUT2D eigenvalue weighted by atomic mass is 32.1. The summed E-state index contributed by atoms with van der Waals surface area (Å²) in [6.45, 7) is 7.16. The van der Waals surface area contributed by atoms with E-state index in [9.17, 15) is 4.79 Å². The van der Waals surface area contributed by atoms with Crippen LogP contribution in [0.4, 0.5) is 9.80 Å². The summed E-state index contributed by atoms with van der Waals surface area (Å²) >= 11 is 1.32. The third-order valence-corrected chi connectivity index (χ3v) is 3.75. The first-order valence-corrected chi connectivity index (χ1v) is 7.74. The maximum Gasteiger partial charge on any atom is 0.410 e. The van der Waals surface area contributed by atoms with Gasteiger partial charge >= 0.3 is 6.09 Å². The van der Waals surface area contributed by atoms with Gasteiger partial charge in [0, 0.05) is 24.6 Å². The zero-order valence-corrected chi connectivity index (χ0v) is 13.1. The summed E-state index contributed by atoms with van der Waals surface area (Å²) in [5.41, 5.74) is -0.450. The van der Waals surface area contributed by atoms with Crippen molar-refractivity contribution in [3.63, 3.8) is 0 Å². The van der Waals surface area contributed by atoms with Crippen LogP contribution in [0.1, 0.15) is 40.0 Å². The molecule has 1 aromatic rings. The first kappa shape index (κ1) is 15.0. The lowest BCUT2D eigenvalue weighted by Crippen LogP contribution is -2.48. The molecular formula is C13H22N4O2S. The van der Waals surface area contributed by atoms with Crippen molar-refractivity contribution in [2.75, 3.05) is 18.4 Å². The second kappa shape index (κ2) is 6.39. The van der Waals surface area contributed by atoms with E-state index in [-0.39, 0.29) is 12.1 Å². The van der Waals surface area contributed by atoms with Gasteiger partial charge in [-0.2, -0.15) is 0 Å². The monoisotopic (exact) mass is 298 g/mol. The van der Waals surface area contributed by atoms with Crippen LogP contribution in [-0.2, 0) is 4.74 Å². The molecule has 1 aliphatic heterocycles. The van der Waals surface area contributed by atoms with Gasteiger partial charge < -0.3 is 15.0 Å². The van der Waals surface area contributed by atoms with Crippen molar-refractivity contribution in [1.82, 2.24) is 14.5 Å². The second-order valence-corrected chi connectivity index (χ2v) is 6.77. The predicted molar refractivity (Wildman–Crippen MR) is 79.0 cm³/mol. The third-order valence-electron chi connectivity index (χ3n) is 3.13. The van der Waals surface area contributed by atoms with Crippen LogP contribution >= 0.6 is 11.5 Å². The van der Waals surface area contributed by atoms with Crippen molar-refractivity contribution < 1.29 is 9.53 Å². The molecular weight excluding hydrogens is 276 g/mol. The molecule has 2 heterocycles. The van der Waals surface area contributed by atoms with Gasteiger partial charge in [0.15, 0.2) is 0 Å². The molecule has 1 fully saturated rings. The number of nitrogens with zero attached hydrogens (tertiary/aromatic N) is 3. The predicted octanol–water partition coefficient (Wildman–Crippen LogP) is 2.74. The van der Waals surface area contributed by atoms with Gasteiger partial charge in [-0.25, -0.2) is 4.79 Å². The van der Waals surface area contributed by atoms with Crippen LogP contribution in [0.3, 0.4) is 0 Å². The standard InChI is InChI=1S/C13H22N4O2S/c1-13(2,3)19-12(18)17-7-5-4-6-10(17)8-14-11-9-15-16-20-11/h9-10,14H,4-8H2,1-3H3. The first-order valence-electron chi connectivity index (χ1n) is 6.96. The van der Waals surface area contributed by atoms with Crippen LogP contribution in [0.15, 0.2) is 6.20 Å². The van der Waals surface area contributed by atoms with Crippen LogP contribution in [-0.4, -0.2) is 45.3 Å². The van der Waals surface area contributed by atoms with Gasteiger partial charge in [0.2, 0.25) is 0 Å². The summed E-state index contributed by atoms with van der Waals surface area (Å²) in [5, 5.41) is 8.01. The Bertz CT molecular complexity index is 430. The van der Waals surface area contributed by atoms with Crippen molar-refractivity contribution in [3.05, 3.63) is 6.20 Å². The molecule has 1 aliphatic rings. The number of nitrogens with one attached hydrogen (secondary N) is 1. The highest BCUT2D eigenvalue weighted by Gasteiger charge is 2.30. The topological polar surface area (TPSA) is 67.3 Å². The fourth-order valence-corrected chi connectivity index (χ4v) is 2.66. The average Bonchev–Trinajstić information content (AvgIpc) is 2.87. The fraction of sp³-hybridized carbons (Fsp3) is 0.769. The Morgan fingerprint density at radius 1 is 1.55 bits per heavy atom. The van der Waals surface area contributed by atoms with Crippen molar-refractivity contribution in [3.8, 4) is 0 Å². The molecule has 1 saturated heterocycles. The molecule has 0 radical (unpaired) electrons. The molecule has 6 nitrogen and oxygen atoms in total. The molecule has 0 bridgehead atoms. The maximum atomic E-state index is 12.2. The van der Waals surface area contributed by atoms with Crippen LogP contribution in [0.2, 0.25) is 0 Å². The Labute approximate surface area is 123 Å². The van der Waals surface area contributed by atoms with E-state index in [4.69, 9.17) is 4.74 Å². The molecule has 0 saturated carbocycles. The number of hydrogen-bond donors (Lipinski definition) is 1. The van der Waals surface area contributed by atoms with E-state index in [2.05, 4.69) is 14.9 Å². The summed E-state index contributed by atoms with van der Waals surface area (Å²) in [6.07, 6.45) is 4.67. The second-order valence-electron chi connectivity index (χ2n) is 5.99. The summed E-state index contributed by atoms with van der Waals surface area (Å²) in [5.74, 6) is 0. The lowest BCUT2D eigenvalue weighted by Gasteiger charge is -2.36. The Hall–Kier alpha value is -1.37. The van der Waals surface area contributed by atoms with Crippen molar-refractivity contribution >= 4 is 22.6 Å². The van der Waals surface area contributed by atoms with Gasteiger partial charge in [0.1, 0.15) is 10.6 Å². The smallest absolute Gasteiger partial charge is 0.410 e. The van der Waals surface area contributed by atoms with Crippen LogP contribution < -0.4 is 5.32 Å². The maximum absolute atomic E-state index is 12.2. The molecule has 2 rings (SSSR count). The third kappa shape index (κ3) is 4.33. The SMILES string of the molecule is CC(C)(C)OC(=O)N1CCCCC1CNc1cnns1. The first-order chi connectivity index (χ1) is 9.46. The van der Waals surface area contributed by atoms with E-state index >= 15 is 0 Å². The minimum Gasteiger partial charge on any atom is -0.444 e. The molecule has 1 unspecified atom stereocenters. The normalized spacial score (nSPS) is 19.8. The van der Waals surface area contributed by atoms with Crippen LogP contribution in [0.5, 0.6) is 0 Å². The molecule has 0 spiro atoms. The molecule has 20 heavy (non-hydrogen) atoms. The van der Waals surface area contributed by atoms with E-state index in [0.717, 1.165) is 30.8 Å². The van der Waals surface area contributed by atoms with Gasteiger partial charge in [0.05, 0.1) is 12.2 Å². The summed E-state index contributed by atoms with van der Waals surface area (Å²) < 4.78 is 9.29. The summed E-state index contributed by atoms with van der Waals surface area (Å²) in [6, 6.07) is 0.167. The number of likely N-dealkylation sites (tertiary alicyclic amines) is 1. The number of carbonyl (C=O) groups excluding carboxylic acids is 1. The van der Waals surface area contributed by atoms with Gasteiger partial charge in [-0.1, -0.05) is 4.49 Å². The van der Waals surface area contributed by atoms with Gasteiger partial charge in [-0.15, -0.1) is 5.10 Å². The Morgan fingerprint density at radius 2 is 2.35 bits per heavy atom. The number of carbonyl (C=O) groups is 1. The van der Waals surface area contributed by atoms with Crippen LogP contribution in [0, 0.1) is 0 Å². The van der Waals surface area contributed by atoms with Crippen molar-refractivity contribution in [2.45, 2.75) is 51.7 Å². The van der Waals surface area contributed by atoms with E-state index in [1.807, 2.05) is 25.7 Å². The Balaban J connectivity index is 1.92. The lowest BCUT2D eigenvalue weighted by atomic mass is 10.0. The van der Waals surface area contributed by atoms with Crippen molar-refractivity contribution in [2.24, 2.45) is 0 Å². The molecule has 1 amide bonds. The number of rotatable bonds is 3. The number of ether oxygens (including phenoxy) is 1. The zero-order chi connectivity index (χ0) is 14.6. The minimum absolute atomic E-state index is 0.167. The number of anilines is 1. The molecule has 0 aliphatic carbocycles. The molecule has 0 aromatic carbocycles. The van der Waals surface area contributed by atoms with Crippen molar-refractivity contribution in [1.29, 1.82) is 0 Å². The molecule has 1 atom stereocenters. The molecule has 112 valence electrons. The van der Waals surface area contributed by atoms with E-state index in [1.54, 1.807) is 6.20 Å². The Kier molecular flexibility index (Phi) is 4.80. The quantitative estimate of drug-likeness (QED) is 0.929. The lowest BCUT2D eigenvalue weighted by molar-refractivity contribution is 0.0114. The summed E-state index contributed by atoms with van der Waals surface area (Å²) in [4.78, 5) is 14.1. The fourth-order valence-electron chi connectivity index (χ4n) is 2.24. The minimum atomic E-state index is -0.450. The number of aromatic nitrogens is 2. The van der Waals surface area contributed by atoms with E-state index in [1.165, 1.54) is 11.5 Å². The molecule has 1 aromatic heterocycles. The number of hydrogen-bond acceptors (Lipinski definition) is 6. The average molecular weight is 298 g/mol. The van der Waals surface area contributed by atoms with E-state index < -0.39 is 5.60 Å². The van der Waals surface area contributed by atoms with E-state index in [0.29, 0.717) is 6.54 Å². The van der Waals surface area contributed by atoms with Gasteiger partial charge in [-0.05, 0) is 40.0 Å². The molecule has 7 heteroatoms. The van der Waals surface area contributed by atoms with Crippen LogP contribution in [0.25, 0.3) is 0 Å². The highest BCUT2D eigenvalue weighted by molar-refractivity contribution is 7.09. The Morgan fingerprint density at radius 3 is 3.00 bits per heavy atom.